The van der Waals surface area contributed by atoms with E-state index in [-0.39, 0.29) is 12.3 Å². The van der Waals surface area contributed by atoms with E-state index >= 15 is 0 Å². The Kier molecular flexibility index (Phi) is 5.25. The lowest BCUT2D eigenvalue weighted by Gasteiger charge is -2.34. The lowest BCUT2D eigenvalue weighted by Crippen LogP contribution is -2.49. The molecule has 1 aromatic rings. The fourth-order valence-corrected chi connectivity index (χ4v) is 2.50. The molecular formula is C16H21NO5. The van der Waals surface area contributed by atoms with Gasteiger partial charge in [-0.3, -0.25) is 4.90 Å². The van der Waals surface area contributed by atoms with Crippen LogP contribution in [0.3, 0.4) is 0 Å². The molecule has 1 atom stereocenters. The van der Waals surface area contributed by atoms with Gasteiger partial charge in [0.25, 0.3) is 0 Å². The third-order valence-electron chi connectivity index (χ3n) is 3.75. The van der Waals surface area contributed by atoms with Crippen molar-refractivity contribution in [1.82, 2.24) is 4.90 Å². The first-order valence-corrected chi connectivity index (χ1v) is 7.38. The van der Waals surface area contributed by atoms with E-state index in [1.807, 2.05) is 6.92 Å². The van der Waals surface area contributed by atoms with Crippen LogP contribution in [0.4, 0.5) is 4.79 Å². The van der Waals surface area contributed by atoms with E-state index in [0.29, 0.717) is 13.0 Å². The molecule has 0 radical (unpaired) electrons. The Morgan fingerprint density at radius 3 is 2.82 bits per heavy atom. The van der Waals surface area contributed by atoms with E-state index in [0.717, 1.165) is 24.0 Å². The molecule has 1 aliphatic heterocycles. The highest BCUT2D eigenvalue weighted by Gasteiger charge is 2.36. The van der Waals surface area contributed by atoms with Crippen molar-refractivity contribution in [3.8, 4) is 5.75 Å². The maximum atomic E-state index is 12.2. The first-order valence-electron chi connectivity index (χ1n) is 7.38. The van der Waals surface area contributed by atoms with Crippen LogP contribution in [-0.4, -0.2) is 41.8 Å². The van der Waals surface area contributed by atoms with Gasteiger partial charge in [-0.15, -0.1) is 0 Å². The lowest BCUT2D eigenvalue weighted by molar-refractivity contribution is -0.147. The zero-order valence-corrected chi connectivity index (χ0v) is 12.9. The predicted octanol–water partition coefficient (Wildman–Crippen LogP) is 2.23. The number of carbonyl (C=O) groups is 2. The summed E-state index contributed by atoms with van der Waals surface area (Å²) < 4.78 is 10.0. The van der Waals surface area contributed by atoms with Crippen LogP contribution in [0.5, 0.6) is 5.75 Å². The van der Waals surface area contributed by atoms with Crippen molar-refractivity contribution in [2.24, 2.45) is 0 Å². The lowest BCUT2D eigenvalue weighted by atomic mass is 9.94. The fourth-order valence-electron chi connectivity index (χ4n) is 2.50. The number of hydrogen-bond donors (Lipinski definition) is 1. The predicted molar refractivity (Wildman–Crippen MR) is 79.4 cm³/mol. The monoisotopic (exact) mass is 307 g/mol. The van der Waals surface area contributed by atoms with Gasteiger partial charge in [0.2, 0.25) is 0 Å². The SMILES string of the molecule is CCCCOC(=O)N1Cc2cc(O)ccc2C[C@@H]1C(=O)OC. The Bertz CT molecular complexity index is 557. The molecule has 0 saturated carbocycles. The van der Waals surface area contributed by atoms with Crippen molar-refractivity contribution in [3.63, 3.8) is 0 Å². The number of hydrogen-bond acceptors (Lipinski definition) is 5. The number of ether oxygens (including phenoxy) is 2. The fraction of sp³-hybridized carbons (Fsp3) is 0.500. The van der Waals surface area contributed by atoms with Gasteiger partial charge < -0.3 is 14.6 Å². The van der Waals surface area contributed by atoms with Crippen LogP contribution in [-0.2, 0) is 27.2 Å². The molecule has 6 nitrogen and oxygen atoms in total. The second-order valence-electron chi connectivity index (χ2n) is 5.29. The summed E-state index contributed by atoms with van der Waals surface area (Å²) >= 11 is 0. The Balaban J connectivity index is 2.20. The molecule has 0 bridgehead atoms. The highest BCUT2D eigenvalue weighted by molar-refractivity contribution is 5.82. The Morgan fingerprint density at radius 2 is 2.14 bits per heavy atom. The topological polar surface area (TPSA) is 76.1 Å². The van der Waals surface area contributed by atoms with E-state index in [4.69, 9.17) is 9.47 Å². The van der Waals surface area contributed by atoms with Crippen molar-refractivity contribution >= 4 is 12.1 Å². The van der Waals surface area contributed by atoms with Crippen molar-refractivity contribution in [3.05, 3.63) is 29.3 Å². The van der Waals surface area contributed by atoms with Crippen LogP contribution < -0.4 is 0 Å². The number of carbonyl (C=O) groups excluding carboxylic acids is 2. The zero-order chi connectivity index (χ0) is 16.1. The number of esters is 1. The maximum absolute atomic E-state index is 12.2. The summed E-state index contributed by atoms with van der Waals surface area (Å²) in [4.78, 5) is 25.6. The minimum absolute atomic E-state index is 0.134. The van der Waals surface area contributed by atoms with E-state index in [1.54, 1.807) is 18.2 Å². The van der Waals surface area contributed by atoms with Gasteiger partial charge >= 0.3 is 12.1 Å². The van der Waals surface area contributed by atoms with Crippen LogP contribution in [0.2, 0.25) is 0 Å². The minimum Gasteiger partial charge on any atom is -0.508 e. The van der Waals surface area contributed by atoms with Crippen LogP contribution in [0.1, 0.15) is 30.9 Å². The standard InChI is InChI=1S/C16H21NO5/c1-3-4-7-22-16(20)17-10-12-8-13(18)6-5-11(12)9-14(17)15(19)21-2/h5-6,8,14,18H,3-4,7,9-10H2,1-2H3/t14-/m1/s1. The molecule has 22 heavy (non-hydrogen) atoms. The number of phenolic OH excluding ortho intramolecular Hbond substituents is 1. The van der Waals surface area contributed by atoms with Crippen molar-refractivity contribution in [2.45, 2.75) is 38.8 Å². The summed E-state index contributed by atoms with van der Waals surface area (Å²) in [5.74, 6) is -0.333. The third-order valence-corrected chi connectivity index (χ3v) is 3.75. The van der Waals surface area contributed by atoms with Gasteiger partial charge in [-0.2, -0.15) is 0 Å². The smallest absolute Gasteiger partial charge is 0.410 e. The molecule has 0 fully saturated rings. The number of amides is 1. The van der Waals surface area contributed by atoms with Gasteiger partial charge in [0.05, 0.1) is 20.3 Å². The number of rotatable bonds is 4. The van der Waals surface area contributed by atoms with Crippen LogP contribution in [0.15, 0.2) is 18.2 Å². The third kappa shape index (κ3) is 3.50. The van der Waals surface area contributed by atoms with E-state index in [9.17, 15) is 14.7 Å². The normalized spacial score (nSPS) is 16.8. The average Bonchev–Trinajstić information content (AvgIpc) is 2.52. The van der Waals surface area contributed by atoms with E-state index in [1.165, 1.54) is 12.0 Å². The molecule has 1 heterocycles. The summed E-state index contributed by atoms with van der Waals surface area (Å²) in [7, 11) is 1.30. The van der Waals surface area contributed by atoms with E-state index < -0.39 is 18.1 Å². The maximum Gasteiger partial charge on any atom is 0.410 e. The van der Waals surface area contributed by atoms with Gasteiger partial charge in [-0.1, -0.05) is 19.4 Å². The van der Waals surface area contributed by atoms with E-state index in [2.05, 4.69) is 0 Å². The molecular weight excluding hydrogens is 286 g/mol. The molecule has 0 spiro atoms. The molecule has 1 amide bonds. The number of aromatic hydroxyl groups is 1. The molecule has 6 heteroatoms. The molecule has 1 aromatic carbocycles. The van der Waals surface area contributed by atoms with Crippen molar-refractivity contribution < 1.29 is 24.2 Å². The molecule has 0 unspecified atom stereocenters. The average molecular weight is 307 g/mol. The molecule has 1 N–H and O–H groups in total. The largest absolute Gasteiger partial charge is 0.508 e. The number of nitrogens with zero attached hydrogens (tertiary/aromatic N) is 1. The molecule has 0 aromatic heterocycles. The highest BCUT2D eigenvalue weighted by Crippen LogP contribution is 2.27. The molecule has 0 saturated heterocycles. The Morgan fingerprint density at radius 1 is 1.36 bits per heavy atom. The molecule has 120 valence electrons. The van der Waals surface area contributed by atoms with Crippen LogP contribution in [0.25, 0.3) is 0 Å². The van der Waals surface area contributed by atoms with Gasteiger partial charge in [0.1, 0.15) is 11.8 Å². The number of methoxy groups -OCH3 is 1. The number of phenols is 1. The molecule has 1 aliphatic rings. The summed E-state index contributed by atoms with van der Waals surface area (Å²) in [5.41, 5.74) is 1.73. The van der Waals surface area contributed by atoms with Gasteiger partial charge in [-0.25, -0.2) is 9.59 Å². The molecule has 2 rings (SSSR count). The second kappa shape index (κ2) is 7.15. The summed E-state index contributed by atoms with van der Waals surface area (Å²) in [6, 6.07) is 4.24. The van der Waals surface area contributed by atoms with Crippen molar-refractivity contribution in [1.29, 1.82) is 0 Å². The van der Waals surface area contributed by atoms with Gasteiger partial charge in [-0.05, 0) is 29.7 Å². The summed E-state index contributed by atoms with van der Waals surface area (Å²) in [6.07, 6.45) is 1.52. The first-order chi connectivity index (χ1) is 10.6. The second-order valence-corrected chi connectivity index (χ2v) is 5.29. The highest BCUT2D eigenvalue weighted by atomic mass is 16.6. The number of benzene rings is 1. The number of unbranched alkanes of at least 4 members (excludes halogenated alkanes) is 1. The number of fused-ring (bicyclic) bond motifs is 1. The Labute approximate surface area is 129 Å². The van der Waals surface area contributed by atoms with Gasteiger partial charge in [0.15, 0.2) is 0 Å². The zero-order valence-electron chi connectivity index (χ0n) is 12.9. The van der Waals surface area contributed by atoms with Gasteiger partial charge in [0, 0.05) is 6.42 Å². The first kappa shape index (κ1) is 16.1. The minimum atomic E-state index is -0.698. The quantitative estimate of drug-likeness (QED) is 0.682. The van der Waals surface area contributed by atoms with Crippen LogP contribution >= 0.6 is 0 Å². The Hall–Kier alpha value is -2.24. The summed E-state index contributed by atoms with van der Waals surface area (Å²) in [6.45, 7) is 2.55. The molecule has 0 aliphatic carbocycles. The summed E-state index contributed by atoms with van der Waals surface area (Å²) in [5, 5.41) is 9.58. The van der Waals surface area contributed by atoms with Crippen molar-refractivity contribution in [2.75, 3.05) is 13.7 Å². The van der Waals surface area contributed by atoms with Crippen LogP contribution in [0, 0.1) is 0 Å².